The van der Waals surface area contributed by atoms with E-state index in [1.807, 2.05) is 12.1 Å². The molecule has 0 N–H and O–H groups in total. The molecule has 0 amide bonds. The fourth-order valence-corrected chi connectivity index (χ4v) is 2.06. The molecule has 0 aromatic carbocycles. The molecule has 0 aliphatic carbocycles. The van der Waals surface area contributed by atoms with Crippen molar-refractivity contribution in [2.24, 2.45) is 0 Å². The zero-order valence-electron chi connectivity index (χ0n) is 15.1. The SMILES string of the molecule is [C-]#[N+]CCOCCCC(OCC[N+]#[C-])C(COCCC#N)OCCC#N. The lowest BCUT2D eigenvalue weighted by Crippen LogP contribution is -2.37. The highest BCUT2D eigenvalue weighted by molar-refractivity contribution is 4.75. The van der Waals surface area contributed by atoms with Gasteiger partial charge in [0.05, 0.1) is 50.9 Å². The molecule has 0 heterocycles. The molecule has 0 aromatic heterocycles. The van der Waals surface area contributed by atoms with Crippen LogP contribution in [0.25, 0.3) is 9.69 Å². The fraction of sp³-hybridized carbons (Fsp3) is 0.778. The van der Waals surface area contributed by atoms with Gasteiger partial charge in [0.2, 0.25) is 13.1 Å². The van der Waals surface area contributed by atoms with Crippen LogP contribution in [0.3, 0.4) is 0 Å². The first-order valence-electron chi connectivity index (χ1n) is 8.59. The van der Waals surface area contributed by atoms with E-state index in [4.69, 9.17) is 42.6 Å². The Morgan fingerprint density at radius 2 is 1.42 bits per heavy atom. The normalized spacial score (nSPS) is 12.3. The molecule has 8 heteroatoms. The smallest absolute Gasteiger partial charge is 0.237 e. The highest BCUT2D eigenvalue weighted by Crippen LogP contribution is 2.13. The molecule has 0 saturated carbocycles. The summed E-state index contributed by atoms with van der Waals surface area (Å²) in [6.45, 7) is 16.2. The Kier molecular flexibility index (Phi) is 17.5. The summed E-state index contributed by atoms with van der Waals surface area (Å²) in [5, 5.41) is 17.3. The van der Waals surface area contributed by atoms with Gasteiger partial charge in [-0.1, -0.05) is 0 Å². The number of rotatable bonds is 17. The maximum absolute atomic E-state index is 8.68. The van der Waals surface area contributed by atoms with Crippen molar-refractivity contribution in [2.75, 3.05) is 52.7 Å². The number of ether oxygens (including phenoxy) is 4. The van der Waals surface area contributed by atoms with Crippen molar-refractivity contribution in [2.45, 2.75) is 37.9 Å². The van der Waals surface area contributed by atoms with Crippen LogP contribution in [-0.4, -0.2) is 64.9 Å². The molecule has 0 aromatic rings. The Bertz CT molecular complexity index is 501. The summed E-state index contributed by atoms with van der Waals surface area (Å²) in [5.41, 5.74) is 0. The molecule has 0 aliphatic rings. The third-order valence-electron chi connectivity index (χ3n) is 3.26. The molecule has 8 nitrogen and oxygen atoms in total. The predicted molar refractivity (Wildman–Crippen MR) is 93.8 cm³/mol. The van der Waals surface area contributed by atoms with Crippen LogP contribution in [-0.2, 0) is 18.9 Å². The molecular weight excluding hydrogens is 336 g/mol. The van der Waals surface area contributed by atoms with Crippen LogP contribution < -0.4 is 0 Å². The van der Waals surface area contributed by atoms with Crippen molar-refractivity contribution in [1.82, 2.24) is 0 Å². The van der Waals surface area contributed by atoms with Crippen LogP contribution in [0.2, 0.25) is 0 Å². The third kappa shape index (κ3) is 14.2. The minimum atomic E-state index is -0.379. The Balaban J connectivity index is 4.54. The van der Waals surface area contributed by atoms with Crippen LogP contribution >= 0.6 is 0 Å². The van der Waals surface area contributed by atoms with Gasteiger partial charge in [-0.25, -0.2) is 13.1 Å². The molecule has 0 saturated heterocycles. The fourth-order valence-electron chi connectivity index (χ4n) is 2.06. The van der Waals surface area contributed by atoms with Gasteiger partial charge in [0.25, 0.3) is 0 Å². The van der Waals surface area contributed by atoms with Crippen molar-refractivity contribution < 1.29 is 18.9 Å². The van der Waals surface area contributed by atoms with E-state index in [-0.39, 0.29) is 38.4 Å². The molecule has 0 fully saturated rings. The minimum Gasteiger partial charge on any atom is -0.378 e. The summed E-state index contributed by atoms with van der Waals surface area (Å²) >= 11 is 0. The van der Waals surface area contributed by atoms with Gasteiger partial charge in [0.1, 0.15) is 19.3 Å². The second-order valence-corrected chi connectivity index (χ2v) is 5.23. The van der Waals surface area contributed by atoms with Gasteiger partial charge in [-0.15, -0.1) is 0 Å². The summed E-state index contributed by atoms with van der Waals surface area (Å²) in [5.74, 6) is 0. The van der Waals surface area contributed by atoms with Crippen molar-refractivity contribution in [1.29, 1.82) is 10.5 Å². The average molecular weight is 362 g/mol. The van der Waals surface area contributed by atoms with Gasteiger partial charge < -0.3 is 28.6 Å². The zero-order chi connectivity index (χ0) is 19.3. The molecule has 0 spiro atoms. The van der Waals surface area contributed by atoms with E-state index in [1.54, 1.807) is 0 Å². The number of hydrogen-bond donors (Lipinski definition) is 0. The van der Waals surface area contributed by atoms with Gasteiger partial charge in [-0.2, -0.15) is 10.5 Å². The van der Waals surface area contributed by atoms with E-state index in [0.29, 0.717) is 45.8 Å². The second-order valence-electron chi connectivity index (χ2n) is 5.23. The monoisotopic (exact) mass is 362 g/mol. The van der Waals surface area contributed by atoms with Crippen LogP contribution in [0.15, 0.2) is 0 Å². The molecule has 0 rings (SSSR count). The molecule has 142 valence electrons. The number of nitrogens with zero attached hydrogens (tertiary/aromatic N) is 4. The molecular formula is C18H26N4O4. The number of nitriles is 2. The van der Waals surface area contributed by atoms with E-state index >= 15 is 0 Å². The third-order valence-corrected chi connectivity index (χ3v) is 3.26. The van der Waals surface area contributed by atoms with Crippen molar-refractivity contribution in [3.05, 3.63) is 22.8 Å². The summed E-state index contributed by atoms with van der Waals surface area (Å²) in [4.78, 5) is 6.50. The van der Waals surface area contributed by atoms with Gasteiger partial charge in [0, 0.05) is 6.61 Å². The maximum Gasteiger partial charge on any atom is 0.237 e. The van der Waals surface area contributed by atoms with Gasteiger partial charge >= 0.3 is 0 Å². The first-order valence-corrected chi connectivity index (χ1v) is 8.59. The summed E-state index contributed by atoms with van der Waals surface area (Å²) < 4.78 is 22.4. The maximum atomic E-state index is 8.68. The molecule has 2 unspecified atom stereocenters. The standard InChI is InChI=1S/C18H26N4O4/c1-21-9-14-23-11-3-6-17(26-15-10-22-2)18(25-13-5-8-20)16-24-12-4-7-19/h17-18H,3-6,9-16H2. The average Bonchev–Trinajstić information content (AvgIpc) is 2.65. The Morgan fingerprint density at radius 3 is 2.12 bits per heavy atom. The second kappa shape index (κ2) is 19.1. The summed E-state index contributed by atoms with van der Waals surface area (Å²) in [7, 11) is 0. The topological polar surface area (TPSA) is 93.2 Å². The van der Waals surface area contributed by atoms with Crippen molar-refractivity contribution in [3.8, 4) is 12.1 Å². The Labute approximate surface area is 155 Å². The summed E-state index contributed by atoms with van der Waals surface area (Å²) in [6, 6.07) is 4.04. The van der Waals surface area contributed by atoms with Crippen molar-refractivity contribution >= 4 is 0 Å². The lowest BCUT2D eigenvalue weighted by molar-refractivity contribution is -0.105. The van der Waals surface area contributed by atoms with Gasteiger partial charge in [-0.3, -0.25) is 0 Å². The first-order chi connectivity index (χ1) is 12.8. The van der Waals surface area contributed by atoms with E-state index in [0.717, 1.165) is 6.42 Å². The molecule has 0 bridgehead atoms. The predicted octanol–water partition coefficient (Wildman–Crippen LogP) is 2.24. The van der Waals surface area contributed by atoms with Gasteiger partial charge in [-0.05, 0) is 12.8 Å². The first kappa shape index (κ1) is 23.8. The Morgan fingerprint density at radius 1 is 0.769 bits per heavy atom. The summed E-state index contributed by atoms with van der Waals surface area (Å²) in [6.07, 6.45) is 1.26. The van der Waals surface area contributed by atoms with Crippen molar-refractivity contribution in [3.63, 3.8) is 0 Å². The zero-order valence-corrected chi connectivity index (χ0v) is 15.1. The molecule has 0 aliphatic heterocycles. The Hall–Kier alpha value is -2.20. The molecule has 0 radical (unpaired) electrons. The molecule has 2 atom stereocenters. The van der Waals surface area contributed by atoms with Crippen LogP contribution in [0.1, 0.15) is 25.7 Å². The largest absolute Gasteiger partial charge is 0.378 e. The minimum absolute atomic E-state index is 0.258. The highest BCUT2D eigenvalue weighted by atomic mass is 16.6. The van der Waals surface area contributed by atoms with E-state index < -0.39 is 0 Å². The lowest BCUT2D eigenvalue weighted by Gasteiger charge is -2.27. The van der Waals surface area contributed by atoms with Crippen LogP contribution in [0.5, 0.6) is 0 Å². The lowest BCUT2D eigenvalue weighted by atomic mass is 10.1. The van der Waals surface area contributed by atoms with Crippen LogP contribution in [0.4, 0.5) is 0 Å². The van der Waals surface area contributed by atoms with Gasteiger partial charge in [0.15, 0.2) is 0 Å². The van der Waals surface area contributed by atoms with E-state index in [9.17, 15) is 0 Å². The van der Waals surface area contributed by atoms with Crippen LogP contribution in [0, 0.1) is 35.8 Å². The van der Waals surface area contributed by atoms with E-state index in [1.165, 1.54) is 0 Å². The quantitative estimate of drug-likeness (QED) is 0.291. The molecule has 26 heavy (non-hydrogen) atoms. The number of hydrogen-bond acceptors (Lipinski definition) is 6. The van der Waals surface area contributed by atoms with E-state index in [2.05, 4.69) is 9.69 Å². The highest BCUT2D eigenvalue weighted by Gasteiger charge is 2.23.